The molecular weight excluding hydrogens is 246 g/mol. The smallest absolute Gasteiger partial charge is 0.0810 e. The summed E-state index contributed by atoms with van der Waals surface area (Å²) in [5.41, 5.74) is 0.721. The van der Waals surface area contributed by atoms with Crippen molar-refractivity contribution in [2.45, 2.75) is 102 Å². The van der Waals surface area contributed by atoms with Crippen molar-refractivity contribution < 1.29 is 4.74 Å². The molecule has 0 amide bonds. The van der Waals surface area contributed by atoms with E-state index in [9.17, 15) is 0 Å². The van der Waals surface area contributed by atoms with E-state index in [0.717, 1.165) is 12.6 Å². The molecule has 0 unspecified atom stereocenters. The topological polar surface area (TPSA) is 21.3 Å². The van der Waals surface area contributed by atoms with E-state index in [1.54, 1.807) is 0 Å². The molecule has 0 spiro atoms. The van der Waals surface area contributed by atoms with Gasteiger partial charge in [-0.1, -0.05) is 33.1 Å². The molecule has 0 radical (unpaired) electrons. The Morgan fingerprint density at radius 2 is 1.55 bits per heavy atom. The Bertz CT molecular complexity index is 305. The first kappa shape index (κ1) is 14.8. The Labute approximate surface area is 125 Å². The predicted octanol–water partition coefficient (Wildman–Crippen LogP) is 4.43. The highest BCUT2D eigenvalue weighted by Gasteiger charge is 2.38. The molecule has 0 saturated heterocycles. The number of ether oxygens (including phenoxy) is 1. The maximum Gasteiger partial charge on any atom is 0.0810 e. The molecule has 3 aliphatic rings. The van der Waals surface area contributed by atoms with Gasteiger partial charge in [-0.05, 0) is 56.8 Å². The van der Waals surface area contributed by atoms with Crippen LogP contribution in [0.3, 0.4) is 0 Å². The van der Waals surface area contributed by atoms with Gasteiger partial charge < -0.3 is 10.1 Å². The van der Waals surface area contributed by atoms with E-state index >= 15 is 0 Å². The average molecular weight is 279 g/mol. The summed E-state index contributed by atoms with van der Waals surface area (Å²) in [5, 5.41) is 3.75. The Morgan fingerprint density at radius 3 is 2.15 bits per heavy atom. The summed E-state index contributed by atoms with van der Waals surface area (Å²) in [5.74, 6) is 0. The summed E-state index contributed by atoms with van der Waals surface area (Å²) < 4.78 is 6.73. The molecule has 116 valence electrons. The van der Waals surface area contributed by atoms with Gasteiger partial charge in [0.2, 0.25) is 0 Å². The van der Waals surface area contributed by atoms with Crippen molar-refractivity contribution in [1.29, 1.82) is 0 Å². The zero-order chi connectivity index (χ0) is 14.1. The first-order valence-electron chi connectivity index (χ1n) is 8.98. The second-order valence-electron chi connectivity index (χ2n) is 8.38. The van der Waals surface area contributed by atoms with E-state index in [1.165, 1.54) is 70.6 Å². The zero-order valence-corrected chi connectivity index (χ0v) is 13.5. The van der Waals surface area contributed by atoms with Crippen molar-refractivity contribution in [1.82, 2.24) is 5.32 Å². The van der Waals surface area contributed by atoms with Crippen molar-refractivity contribution in [3.8, 4) is 0 Å². The molecule has 2 heteroatoms. The lowest BCUT2D eigenvalue weighted by atomic mass is 9.76. The minimum absolute atomic E-state index is 0.174. The van der Waals surface area contributed by atoms with Gasteiger partial charge >= 0.3 is 0 Å². The van der Waals surface area contributed by atoms with Gasteiger partial charge in [-0.15, -0.1) is 0 Å². The minimum atomic E-state index is 0.174. The van der Waals surface area contributed by atoms with Gasteiger partial charge in [-0.3, -0.25) is 0 Å². The monoisotopic (exact) mass is 279 g/mol. The summed E-state index contributed by atoms with van der Waals surface area (Å²) in [7, 11) is 0. The highest BCUT2D eigenvalue weighted by Crippen LogP contribution is 2.40. The fourth-order valence-corrected chi connectivity index (χ4v) is 3.99. The lowest BCUT2D eigenvalue weighted by molar-refractivity contribution is -0.129. The van der Waals surface area contributed by atoms with Crippen LogP contribution in [-0.4, -0.2) is 24.3 Å². The summed E-state index contributed by atoms with van der Waals surface area (Å²) >= 11 is 0. The van der Waals surface area contributed by atoms with Gasteiger partial charge in [0, 0.05) is 12.6 Å². The van der Waals surface area contributed by atoms with E-state index in [1.807, 2.05) is 0 Å². The molecule has 0 bridgehead atoms. The normalized spacial score (nSPS) is 30.3. The van der Waals surface area contributed by atoms with Crippen LogP contribution in [-0.2, 0) is 4.74 Å². The van der Waals surface area contributed by atoms with Crippen LogP contribution in [0.5, 0.6) is 0 Å². The van der Waals surface area contributed by atoms with Gasteiger partial charge in [0.1, 0.15) is 0 Å². The Hall–Kier alpha value is -0.0800. The largest absolute Gasteiger partial charge is 0.370 e. The van der Waals surface area contributed by atoms with Crippen LogP contribution in [0, 0.1) is 5.41 Å². The molecule has 3 fully saturated rings. The second kappa shape index (κ2) is 5.96. The first-order valence-corrected chi connectivity index (χ1v) is 8.98. The number of rotatable bonds is 5. The SMILES string of the molecule is CC1(C)CCC(OC2(CNC3CC3)CCCCC2)CC1. The lowest BCUT2D eigenvalue weighted by Gasteiger charge is -2.43. The number of hydrogen-bond donors (Lipinski definition) is 1. The molecule has 0 aliphatic heterocycles. The second-order valence-corrected chi connectivity index (χ2v) is 8.38. The number of hydrogen-bond acceptors (Lipinski definition) is 2. The van der Waals surface area contributed by atoms with Crippen molar-refractivity contribution >= 4 is 0 Å². The standard InChI is InChI=1S/C18H33NO/c1-17(2)12-8-16(9-13-17)20-18(10-4-3-5-11-18)14-19-15-6-7-15/h15-16,19H,3-14H2,1-2H3. The molecule has 0 atom stereocenters. The van der Waals surface area contributed by atoms with Crippen LogP contribution in [0.2, 0.25) is 0 Å². The molecule has 0 aromatic rings. The molecule has 3 aliphatic carbocycles. The maximum atomic E-state index is 6.73. The Kier molecular flexibility index (Phi) is 4.42. The molecular formula is C18H33NO. The van der Waals surface area contributed by atoms with Crippen molar-refractivity contribution in [2.75, 3.05) is 6.54 Å². The maximum absolute atomic E-state index is 6.73. The highest BCUT2D eigenvalue weighted by atomic mass is 16.5. The van der Waals surface area contributed by atoms with Crippen LogP contribution in [0.4, 0.5) is 0 Å². The third kappa shape index (κ3) is 3.98. The van der Waals surface area contributed by atoms with E-state index in [4.69, 9.17) is 4.74 Å². The van der Waals surface area contributed by atoms with E-state index in [-0.39, 0.29) is 5.60 Å². The van der Waals surface area contributed by atoms with E-state index < -0.39 is 0 Å². The van der Waals surface area contributed by atoms with E-state index in [0.29, 0.717) is 11.5 Å². The van der Waals surface area contributed by atoms with Crippen LogP contribution in [0.15, 0.2) is 0 Å². The van der Waals surface area contributed by atoms with Crippen molar-refractivity contribution in [2.24, 2.45) is 5.41 Å². The van der Waals surface area contributed by atoms with Crippen LogP contribution < -0.4 is 5.32 Å². The zero-order valence-electron chi connectivity index (χ0n) is 13.5. The van der Waals surface area contributed by atoms with Crippen LogP contribution in [0.25, 0.3) is 0 Å². The first-order chi connectivity index (χ1) is 9.57. The van der Waals surface area contributed by atoms with Crippen molar-refractivity contribution in [3.63, 3.8) is 0 Å². The summed E-state index contributed by atoms with van der Waals surface area (Å²) in [6, 6.07) is 0.808. The van der Waals surface area contributed by atoms with Gasteiger partial charge in [0.05, 0.1) is 11.7 Å². The molecule has 3 rings (SSSR count). The fourth-order valence-electron chi connectivity index (χ4n) is 3.99. The summed E-state index contributed by atoms with van der Waals surface area (Å²) in [4.78, 5) is 0. The van der Waals surface area contributed by atoms with Crippen LogP contribution in [0.1, 0.15) is 84.5 Å². The molecule has 1 N–H and O–H groups in total. The van der Waals surface area contributed by atoms with Gasteiger partial charge in [-0.25, -0.2) is 0 Å². The minimum Gasteiger partial charge on any atom is -0.370 e. The average Bonchev–Trinajstić information content (AvgIpc) is 3.25. The Morgan fingerprint density at radius 1 is 0.900 bits per heavy atom. The molecule has 20 heavy (non-hydrogen) atoms. The number of nitrogens with one attached hydrogen (secondary N) is 1. The van der Waals surface area contributed by atoms with Crippen LogP contribution >= 0.6 is 0 Å². The predicted molar refractivity (Wildman–Crippen MR) is 84.0 cm³/mol. The highest BCUT2D eigenvalue weighted by molar-refractivity contribution is 4.92. The lowest BCUT2D eigenvalue weighted by Crippen LogP contribution is -2.48. The third-order valence-corrected chi connectivity index (χ3v) is 5.76. The molecule has 0 aromatic heterocycles. The molecule has 0 heterocycles. The third-order valence-electron chi connectivity index (χ3n) is 5.76. The Balaban J connectivity index is 1.54. The van der Waals surface area contributed by atoms with Gasteiger partial charge in [0.15, 0.2) is 0 Å². The fraction of sp³-hybridized carbons (Fsp3) is 1.00. The van der Waals surface area contributed by atoms with Gasteiger partial charge in [0.25, 0.3) is 0 Å². The molecule has 3 saturated carbocycles. The molecule has 0 aromatic carbocycles. The molecule has 2 nitrogen and oxygen atoms in total. The summed E-state index contributed by atoms with van der Waals surface area (Å²) in [6.07, 6.45) is 15.2. The van der Waals surface area contributed by atoms with Gasteiger partial charge in [-0.2, -0.15) is 0 Å². The quantitative estimate of drug-likeness (QED) is 0.804. The van der Waals surface area contributed by atoms with Crippen molar-refractivity contribution in [3.05, 3.63) is 0 Å². The van der Waals surface area contributed by atoms with E-state index in [2.05, 4.69) is 19.2 Å². The summed E-state index contributed by atoms with van der Waals surface area (Å²) in [6.45, 7) is 5.93.